The van der Waals surface area contributed by atoms with Gasteiger partial charge in [-0.05, 0) is 18.7 Å². The number of ketones is 1. The van der Waals surface area contributed by atoms with Gasteiger partial charge in [0.25, 0.3) is 0 Å². The molecule has 0 aliphatic heterocycles. The molecule has 2 N–H and O–H groups in total. The molecular formula is C9H10N2O2. The van der Waals surface area contributed by atoms with Crippen LogP contribution in [0.2, 0.25) is 0 Å². The molecule has 0 aliphatic carbocycles. The number of carbonyl (C=O) groups excluding carboxylic acids is 2. The highest BCUT2D eigenvalue weighted by Gasteiger charge is 2.04. The average molecular weight is 178 g/mol. The Kier molecular flexibility index (Phi) is 3.28. The molecular weight excluding hydrogens is 168 g/mol. The SMILES string of the molecule is NCCC(=O)c1ccnc(C=O)c1. The molecule has 0 aromatic carbocycles. The number of Topliss-reactive ketones (excluding diaryl/α,β-unsaturated/α-hetero) is 1. The van der Waals surface area contributed by atoms with Gasteiger partial charge in [-0.1, -0.05) is 0 Å². The van der Waals surface area contributed by atoms with Gasteiger partial charge < -0.3 is 5.73 Å². The van der Waals surface area contributed by atoms with E-state index in [9.17, 15) is 9.59 Å². The summed E-state index contributed by atoms with van der Waals surface area (Å²) < 4.78 is 0. The third-order valence-corrected chi connectivity index (χ3v) is 1.60. The summed E-state index contributed by atoms with van der Waals surface area (Å²) in [6, 6.07) is 3.04. The summed E-state index contributed by atoms with van der Waals surface area (Å²) in [5.41, 5.74) is 5.99. The summed E-state index contributed by atoms with van der Waals surface area (Å²) in [7, 11) is 0. The van der Waals surface area contributed by atoms with Crippen LogP contribution >= 0.6 is 0 Å². The van der Waals surface area contributed by atoms with Crippen molar-refractivity contribution < 1.29 is 9.59 Å². The molecule has 0 spiro atoms. The maximum absolute atomic E-state index is 11.3. The smallest absolute Gasteiger partial charge is 0.168 e. The lowest BCUT2D eigenvalue weighted by Crippen LogP contribution is -2.08. The zero-order valence-corrected chi connectivity index (χ0v) is 7.06. The van der Waals surface area contributed by atoms with E-state index in [2.05, 4.69) is 4.98 Å². The maximum atomic E-state index is 11.3. The molecule has 1 aromatic rings. The van der Waals surface area contributed by atoms with Crippen molar-refractivity contribution in [2.75, 3.05) is 6.54 Å². The van der Waals surface area contributed by atoms with Gasteiger partial charge in [-0.15, -0.1) is 0 Å². The molecule has 0 unspecified atom stereocenters. The molecule has 0 aliphatic rings. The number of aromatic nitrogens is 1. The summed E-state index contributed by atoms with van der Waals surface area (Å²) in [6.45, 7) is 0.317. The molecule has 0 atom stereocenters. The highest BCUT2D eigenvalue weighted by Crippen LogP contribution is 2.03. The van der Waals surface area contributed by atoms with Crippen LogP contribution in [0.15, 0.2) is 18.3 Å². The molecule has 4 heteroatoms. The normalized spacial score (nSPS) is 9.62. The Hall–Kier alpha value is -1.55. The number of rotatable bonds is 4. The number of carbonyl (C=O) groups is 2. The molecule has 13 heavy (non-hydrogen) atoms. The zero-order valence-electron chi connectivity index (χ0n) is 7.06. The van der Waals surface area contributed by atoms with Gasteiger partial charge in [0.15, 0.2) is 12.1 Å². The van der Waals surface area contributed by atoms with Crippen molar-refractivity contribution in [2.24, 2.45) is 5.73 Å². The van der Waals surface area contributed by atoms with E-state index in [1.807, 2.05) is 0 Å². The van der Waals surface area contributed by atoms with E-state index in [1.165, 1.54) is 12.3 Å². The third kappa shape index (κ3) is 2.45. The van der Waals surface area contributed by atoms with Crippen molar-refractivity contribution in [3.05, 3.63) is 29.6 Å². The van der Waals surface area contributed by atoms with Crippen LogP contribution in [0.4, 0.5) is 0 Å². The minimum Gasteiger partial charge on any atom is -0.330 e. The lowest BCUT2D eigenvalue weighted by atomic mass is 10.1. The highest BCUT2D eigenvalue weighted by molar-refractivity contribution is 5.97. The van der Waals surface area contributed by atoms with Crippen molar-refractivity contribution in [3.63, 3.8) is 0 Å². The standard InChI is InChI=1S/C9H10N2O2/c10-3-1-9(13)7-2-4-11-8(5-7)6-12/h2,4-6H,1,3,10H2. The van der Waals surface area contributed by atoms with Crippen LogP contribution < -0.4 is 5.73 Å². The molecule has 0 saturated heterocycles. The number of nitrogens with zero attached hydrogens (tertiary/aromatic N) is 1. The van der Waals surface area contributed by atoms with E-state index in [0.29, 0.717) is 24.8 Å². The Labute approximate surface area is 75.8 Å². The van der Waals surface area contributed by atoms with Crippen molar-refractivity contribution in [1.82, 2.24) is 4.98 Å². The molecule has 4 nitrogen and oxygen atoms in total. The van der Waals surface area contributed by atoms with E-state index in [0.717, 1.165) is 0 Å². The van der Waals surface area contributed by atoms with E-state index in [-0.39, 0.29) is 11.5 Å². The first kappa shape index (κ1) is 9.54. The predicted octanol–water partition coefficient (Wildman–Crippen LogP) is 0.426. The van der Waals surface area contributed by atoms with Gasteiger partial charge in [0.1, 0.15) is 5.69 Å². The van der Waals surface area contributed by atoms with Crippen molar-refractivity contribution in [3.8, 4) is 0 Å². The fourth-order valence-electron chi connectivity index (χ4n) is 0.962. The third-order valence-electron chi connectivity index (χ3n) is 1.60. The van der Waals surface area contributed by atoms with Gasteiger partial charge in [0.2, 0.25) is 0 Å². The fourth-order valence-corrected chi connectivity index (χ4v) is 0.962. The average Bonchev–Trinajstić information content (AvgIpc) is 2.18. The molecule has 1 aromatic heterocycles. The predicted molar refractivity (Wildman–Crippen MR) is 47.6 cm³/mol. The first-order chi connectivity index (χ1) is 6.27. The molecule has 0 radical (unpaired) electrons. The van der Waals surface area contributed by atoms with Crippen LogP contribution in [0.5, 0.6) is 0 Å². The number of hydrogen-bond acceptors (Lipinski definition) is 4. The van der Waals surface area contributed by atoms with Gasteiger partial charge in [-0.2, -0.15) is 0 Å². The quantitative estimate of drug-likeness (QED) is 0.535. The van der Waals surface area contributed by atoms with E-state index in [4.69, 9.17) is 5.73 Å². The zero-order chi connectivity index (χ0) is 9.68. The maximum Gasteiger partial charge on any atom is 0.168 e. The van der Waals surface area contributed by atoms with E-state index < -0.39 is 0 Å². The van der Waals surface area contributed by atoms with Crippen LogP contribution in [0.3, 0.4) is 0 Å². The lowest BCUT2D eigenvalue weighted by Gasteiger charge is -1.98. The summed E-state index contributed by atoms with van der Waals surface area (Å²) in [4.78, 5) is 25.4. The minimum absolute atomic E-state index is 0.0620. The number of hydrogen-bond donors (Lipinski definition) is 1. The topological polar surface area (TPSA) is 73.1 Å². The van der Waals surface area contributed by atoms with Gasteiger partial charge in [0, 0.05) is 18.2 Å². The molecule has 1 heterocycles. The van der Waals surface area contributed by atoms with E-state index in [1.54, 1.807) is 6.07 Å². The van der Waals surface area contributed by atoms with Gasteiger partial charge in [-0.3, -0.25) is 14.6 Å². The Morgan fingerprint density at radius 3 is 3.00 bits per heavy atom. The molecule has 0 amide bonds. The number of aldehydes is 1. The lowest BCUT2D eigenvalue weighted by molar-refractivity contribution is 0.0985. The monoisotopic (exact) mass is 178 g/mol. The van der Waals surface area contributed by atoms with Crippen LogP contribution in [-0.4, -0.2) is 23.6 Å². The number of pyridine rings is 1. The Morgan fingerprint density at radius 1 is 1.62 bits per heavy atom. The first-order valence-electron chi connectivity index (χ1n) is 3.92. The Bertz CT molecular complexity index is 323. The Balaban J connectivity index is 2.88. The fraction of sp³-hybridized carbons (Fsp3) is 0.222. The highest BCUT2D eigenvalue weighted by atomic mass is 16.1. The van der Waals surface area contributed by atoms with Crippen LogP contribution in [0, 0.1) is 0 Å². The summed E-state index contributed by atoms with van der Waals surface area (Å²) in [6.07, 6.45) is 2.34. The molecule has 1 rings (SSSR count). The summed E-state index contributed by atoms with van der Waals surface area (Å²) >= 11 is 0. The number of nitrogens with two attached hydrogens (primary N) is 1. The molecule has 0 saturated carbocycles. The largest absolute Gasteiger partial charge is 0.330 e. The minimum atomic E-state index is -0.0620. The van der Waals surface area contributed by atoms with Gasteiger partial charge in [-0.25, -0.2) is 0 Å². The molecule has 0 fully saturated rings. The van der Waals surface area contributed by atoms with Gasteiger partial charge in [0.05, 0.1) is 0 Å². The van der Waals surface area contributed by atoms with Crippen LogP contribution in [0.1, 0.15) is 27.3 Å². The second kappa shape index (κ2) is 4.47. The molecule has 68 valence electrons. The summed E-state index contributed by atoms with van der Waals surface area (Å²) in [5.74, 6) is -0.0620. The Morgan fingerprint density at radius 2 is 2.38 bits per heavy atom. The second-order valence-corrected chi connectivity index (χ2v) is 2.55. The first-order valence-corrected chi connectivity index (χ1v) is 3.92. The van der Waals surface area contributed by atoms with Crippen molar-refractivity contribution in [1.29, 1.82) is 0 Å². The van der Waals surface area contributed by atoms with Crippen molar-refractivity contribution in [2.45, 2.75) is 6.42 Å². The van der Waals surface area contributed by atoms with Crippen molar-refractivity contribution >= 4 is 12.1 Å². The summed E-state index contributed by atoms with van der Waals surface area (Å²) in [5, 5.41) is 0. The van der Waals surface area contributed by atoms with Crippen LogP contribution in [-0.2, 0) is 0 Å². The van der Waals surface area contributed by atoms with Gasteiger partial charge >= 0.3 is 0 Å². The molecule has 0 bridgehead atoms. The second-order valence-electron chi connectivity index (χ2n) is 2.55. The van der Waals surface area contributed by atoms with Crippen LogP contribution in [0.25, 0.3) is 0 Å². The van der Waals surface area contributed by atoms with E-state index >= 15 is 0 Å².